The van der Waals surface area contributed by atoms with Gasteiger partial charge in [-0.25, -0.2) is 4.98 Å². The van der Waals surface area contributed by atoms with Crippen molar-refractivity contribution in [3.05, 3.63) is 64.2 Å². The van der Waals surface area contributed by atoms with Gasteiger partial charge < -0.3 is 9.47 Å². The van der Waals surface area contributed by atoms with E-state index in [0.717, 1.165) is 27.6 Å². The molecule has 1 aliphatic heterocycles. The summed E-state index contributed by atoms with van der Waals surface area (Å²) in [6.45, 7) is 2.00. The fourth-order valence-electron chi connectivity index (χ4n) is 3.48. The van der Waals surface area contributed by atoms with Gasteiger partial charge in [0.2, 0.25) is 0 Å². The Bertz CT molecular complexity index is 1220. The second kappa shape index (κ2) is 9.79. The second-order valence-corrected chi connectivity index (χ2v) is 9.83. The number of nitrogens with zero attached hydrogens (tertiary/aromatic N) is 1. The molecule has 4 rings (SSSR count). The number of fused-ring (bicyclic) bond motifs is 1. The molecule has 3 aromatic rings. The molecule has 0 saturated heterocycles. The molecule has 34 heavy (non-hydrogen) atoms. The van der Waals surface area contributed by atoms with Crippen molar-refractivity contribution >= 4 is 34.9 Å². The van der Waals surface area contributed by atoms with Crippen molar-refractivity contribution in [2.75, 3.05) is 13.7 Å². The van der Waals surface area contributed by atoms with Crippen LogP contribution in [0.1, 0.15) is 32.9 Å². The number of alkyl halides is 3. The van der Waals surface area contributed by atoms with Crippen molar-refractivity contribution in [1.29, 1.82) is 0 Å². The monoisotopic (exact) mass is 507 g/mol. The molecule has 10 heteroatoms. The Kier molecular flexibility index (Phi) is 6.99. The highest BCUT2D eigenvalue weighted by molar-refractivity contribution is 7.98. The van der Waals surface area contributed by atoms with Gasteiger partial charge in [0.1, 0.15) is 10.8 Å². The Morgan fingerprint density at radius 2 is 1.97 bits per heavy atom. The Hall–Kier alpha value is -2.85. The molecule has 0 radical (unpaired) electrons. The molecule has 2 heterocycles. The smallest absolute Gasteiger partial charge is 0.416 e. The standard InChI is InChI=1S/C24H20F3NO4S2/c1-13-20(34-23(28-13)14-3-5-16(6-4-14)24(25,26)27)12-33-17-7-8-19-18(10-17)22(30)15(11-32-19)9-21(29)31-2/h3-8,10,15H,9,11-12H2,1-2H3. The van der Waals surface area contributed by atoms with Crippen LogP contribution in [-0.4, -0.2) is 30.5 Å². The van der Waals surface area contributed by atoms with Gasteiger partial charge in [0.15, 0.2) is 5.78 Å². The number of methoxy groups -OCH3 is 1. The van der Waals surface area contributed by atoms with E-state index in [1.807, 2.05) is 13.0 Å². The normalized spacial score (nSPS) is 15.6. The van der Waals surface area contributed by atoms with Crippen molar-refractivity contribution in [2.45, 2.75) is 30.2 Å². The first-order valence-corrected chi connectivity index (χ1v) is 12.1. The fraction of sp³-hybridized carbons (Fsp3) is 0.292. The minimum atomic E-state index is -4.38. The average molecular weight is 508 g/mol. The lowest BCUT2D eigenvalue weighted by molar-refractivity contribution is -0.141. The number of carbonyl (C=O) groups is 2. The van der Waals surface area contributed by atoms with Crippen molar-refractivity contribution in [3.8, 4) is 16.3 Å². The molecule has 0 bridgehead atoms. The van der Waals surface area contributed by atoms with Crippen LogP contribution in [0.4, 0.5) is 13.2 Å². The number of carbonyl (C=O) groups excluding carboxylic acids is 2. The number of ether oxygens (including phenoxy) is 2. The molecule has 0 spiro atoms. The Labute approximate surface area is 202 Å². The number of thiazole rings is 1. The van der Waals surface area contributed by atoms with E-state index >= 15 is 0 Å². The molecular weight excluding hydrogens is 487 g/mol. The SMILES string of the molecule is COC(=O)CC1COc2ccc(SCc3sc(-c4ccc(C(F)(F)F)cc4)nc3C)cc2C1=O. The number of benzene rings is 2. The van der Waals surface area contributed by atoms with Crippen molar-refractivity contribution in [3.63, 3.8) is 0 Å². The Morgan fingerprint density at radius 1 is 1.24 bits per heavy atom. The maximum absolute atomic E-state index is 12.8. The summed E-state index contributed by atoms with van der Waals surface area (Å²) < 4.78 is 48.7. The molecule has 2 aromatic carbocycles. The predicted molar refractivity (Wildman–Crippen MR) is 123 cm³/mol. The summed E-state index contributed by atoms with van der Waals surface area (Å²) in [5.41, 5.74) is 1.19. The van der Waals surface area contributed by atoms with E-state index in [4.69, 9.17) is 4.74 Å². The Balaban J connectivity index is 1.46. The van der Waals surface area contributed by atoms with Crippen molar-refractivity contribution < 1.29 is 32.2 Å². The zero-order chi connectivity index (χ0) is 24.5. The molecule has 0 fully saturated rings. The number of aryl methyl sites for hydroxylation is 1. The van der Waals surface area contributed by atoms with Gasteiger partial charge >= 0.3 is 12.1 Å². The summed E-state index contributed by atoms with van der Waals surface area (Å²) in [5, 5.41) is 0.654. The van der Waals surface area contributed by atoms with Gasteiger partial charge in [0, 0.05) is 21.1 Å². The third kappa shape index (κ3) is 5.28. The fourth-order valence-corrected chi connectivity index (χ4v) is 5.62. The maximum atomic E-state index is 12.8. The summed E-state index contributed by atoms with van der Waals surface area (Å²) in [6, 6.07) is 10.3. The van der Waals surface area contributed by atoms with Crippen LogP contribution in [0.5, 0.6) is 5.75 Å². The number of esters is 1. The lowest BCUT2D eigenvalue weighted by Gasteiger charge is -2.23. The Morgan fingerprint density at radius 3 is 2.65 bits per heavy atom. The first-order chi connectivity index (χ1) is 16.2. The molecule has 1 unspecified atom stereocenters. The lowest BCUT2D eigenvalue weighted by Crippen LogP contribution is -2.30. The number of rotatable bonds is 6. The van der Waals surface area contributed by atoms with Gasteiger partial charge in [-0.3, -0.25) is 9.59 Å². The van der Waals surface area contributed by atoms with Gasteiger partial charge in [0.25, 0.3) is 0 Å². The summed E-state index contributed by atoms with van der Waals surface area (Å²) in [5.74, 6) is -0.0961. The summed E-state index contributed by atoms with van der Waals surface area (Å²) in [7, 11) is 1.28. The van der Waals surface area contributed by atoms with Crippen LogP contribution < -0.4 is 4.74 Å². The van der Waals surface area contributed by atoms with Crippen LogP contribution in [-0.2, 0) is 21.5 Å². The lowest BCUT2D eigenvalue weighted by atomic mass is 9.92. The van der Waals surface area contributed by atoms with Crippen LogP contribution in [0.3, 0.4) is 0 Å². The molecule has 0 saturated carbocycles. The highest BCUT2D eigenvalue weighted by Gasteiger charge is 2.31. The van der Waals surface area contributed by atoms with Gasteiger partial charge in [-0.1, -0.05) is 12.1 Å². The predicted octanol–water partition coefficient (Wildman–Crippen LogP) is 6.18. The highest BCUT2D eigenvalue weighted by atomic mass is 32.2. The zero-order valence-corrected chi connectivity index (χ0v) is 19.9. The maximum Gasteiger partial charge on any atom is 0.416 e. The van der Waals surface area contributed by atoms with E-state index in [1.54, 1.807) is 12.1 Å². The number of ketones is 1. The van der Waals surface area contributed by atoms with Gasteiger partial charge in [0.05, 0.1) is 42.9 Å². The quantitative estimate of drug-likeness (QED) is 0.293. The van der Waals surface area contributed by atoms with Crippen LogP contribution in [0, 0.1) is 12.8 Å². The van der Waals surface area contributed by atoms with E-state index in [9.17, 15) is 22.8 Å². The van der Waals surface area contributed by atoms with E-state index in [1.165, 1.54) is 42.3 Å². The summed E-state index contributed by atoms with van der Waals surface area (Å²) in [6.07, 6.45) is -4.40. The van der Waals surface area contributed by atoms with Gasteiger partial charge in [-0.2, -0.15) is 13.2 Å². The molecule has 0 amide bonds. The number of aromatic nitrogens is 1. The molecule has 1 aliphatic rings. The highest BCUT2D eigenvalue weighted by Crippen LogP contribution is 2.37. The minimum absolute atomic E-state index is 0.0288. The third-order valence-electron chi connectivity index (χ3n) is 5.39. The molecular formula is C24H20F3NO4S2. The molecule has 0 aliphatic carbocycles. The number of thioether (sulfide) groups is 1. The van der Waals surface area contributed by atoms with Crippen molar-refractivity contribution in [2.24, 2.45) is 5.92 Å². The number of hydrogen-bond acceptors (Lipinski definition) is 7. The van der Waals surface area contributed by atoms with E-state index in [0.29, 0.717) is 27.6 Å². The molecule has 0 N–H and O–H groups in total. The molecule has 178 valence electrons. The number of halogens is 3. The average Bonchev–Trinajstić information content (AvgIpc) is 3.19. The first-order valence-electron chi connectivity index (χ1n) is 10.3. The van der Waals surface area contributed by atoms with E-state index < -0.39 is 23.6 Å². The minimum Gasteiger partial charge on any atom is -0.492 e. The van der Waals surface area contributed by atoms with E-state index in [2.05, 4.69) is 9.72 Å². The van der Waals surface area contributed by atoms with Crippen LogP contribution in [0.15, 0.2) is 47.4 Å². The molecule has 1 atom stereocenters. The van der Waals surface area contributed by atoms with Crippen molar-refractivity contribution in [1.82, 2.24) is 4.98 Å². The third-order valence-corrected chi connectivity index (χ3v) is 7.80. The number of hydrogen-bond donors (Lipinski definition) is 0. The van der Waals surface area contributed by atoms with Crippen LogP contribution in [0.25, 0.3) is 10.6 Å². The van der Waals surface area contributed by atoms with Gasteiger partial charge in [-0.15, -0.1) is 23.1 Å². The first kappa shape index (κ1) is 24.3. The second-order valence-electron chi connectivity index (χ2n) is 7.70. The van der Waals surface area contributed by atoms with E-state index in [-0.39, 0.29) is 18.8 Å². The zero-order valence-electron chi connectivity index (χ0n) is 18.3. The van der Waals surface area contributed by atoms with Crippen LogP contribution >= 0.6 is 23.1 Å². The molecule has 5 nitrogen and oxygen atoms in total. The topological polar surface area (TPSA) is 65.5 Å². The largest absolute Gasteiger partial charge is 0.492 e. The van der Waals surface area contributed by atoms with Gasteiger partial charge in [-0.05, 0) is 37.3 Å². The summed E-state index contributed by atoms with van der Waals surface area (Å²) in [4.78, 5) is 30.8. The number of Topliss-reactive ketones (excluding diaryl/α,β-unsaturated/α-hetero) is 1. The molecule has 1 aromatic heterocycles. The summed E-state index contributed by atoms with van der Waals surface area (Å²) >= 11 is 2.95. The van der Waals surface area contributed by atoms with Crippen LogP contribution in [0.2, 0.25) is 0 Å².